The number of rotatable bonds is 4. The molecule has 16 heavy (non-hydrogen) atoms. The predicted molar refractivity (Wildman–Crippen MR) is 66.1 cm³/mol. The molecule has 0 bridgehead atoms. The lowest BCUT2D eigenvalue weighted by atomic mass is 10.00. The van der Waals surface area contributed by atoms with E-state index < -0.39 is 0 Å². The maximum Gasteiger partial charge on any atom is 0.0994 e. The van der Waals surface area contributed by atoms with Crippen molar-refractivity contribution >= 4 is 0 Å². The van der Waals surface area contributed by atoms with Crippen LogP contribution in [-0.2, 0) is 11.3 Å². The van der Waals surface area contributed by atoms with Crippen molar-refractivity contribution in [3.8, 4) is 0 Å². The van der Waals surface area contributed by atoms with Gasteiger partial charge in [0.15, 0.2) is 0 Å². The lowest BCUT2D eigenvalue weighted by Gasteiger charge is -2.29. The summed E-state index contributed by atoms with van der Waals surface area (Å²) in [6, 6.07) is 10.4. The third kappa shape index (κ3) is 3.62. The fraction of sp³-hybridized carbons (Fsp3) is 0.571. The zero-order chi connectivity index (χ0) is 11.2. The standard InChI is InChI=1S/C14H21NO/c1-13-7-9-15(10-8-13)12-16-11-14-5-3-2-4-6-14/h2-6,13H,7-12H2,1H3. The van der Waals surface area contributed by atoms with Crippen molar-refractivity contribution in [3.05, 3.63) is 35.9 Å². The molecule has 1 aromatic carbocycles. The molecule has 1 saturated heterocycles. The third-order valence-corrected chi connectivity index (χ3v) is 3.26. The molecule has 88 valence electrons. The summed E-state index contributed by atoms with van der Waals surface area (Å²) < 4.78 is 5.72. The van der Waals surface area contributed by atoms with Crippen LogP contribution in [0.1, 0.15) is 25.3 Å². The van der Waals surface area contributed by atoms with Gasteiger partial charge in [-0.3, -0.25) is 4.90 Å². The van der Waals surface area contributed by atoms with E-state index in [0.29, 0.717) is 0 Å². The number of ether oxygens (including phenoxy) is 1. The Labute approximate surface area is 98.2 Å². The van der Waals surface area contributed by atoms with Crippen molar-refractivity contribution in [2.45, 2.75) is 26.4 Å². The first-order valence-corrected chi connectivity index (χ1v) is 6.18. The molecule has 0 spiro atoms. The second kappa shape index (κ2) is 6.02. The number of hydrogen-bond acceptors (Lipinski definition) is 2. The number of piperidine rings is 1. The Hall–Kier alpha value is -0.860. The van der Waals surface area contributed by atoms with E-state index in [1.807, 2.05) is 6.07 Å². The monoisotopic (exact) mass is 219 g/mol. The van der Waals surface area contributed by atoms with Crippen molar-refractivity contribution in [2.75, 3.05) is 19.8 Å². The molecule has 1 aromatic rings. The van der Waals surface area contributed by atoms with E-state index in [4.69, 9.17) is 4.74 Å². The molecule has 2 rings (SSSR count). The van der Waals surface area contributed by atoms with Gasteiger partial charge in [0.1, 0.15) is 0 Å². The Bertz CT molecular complexity index is 291. The van der Waals surface area contributed by atoms with Crippen molar-refractivity contribution in [2.24, 2.45) is 5.92 Å². The van der Waals surface area contributed by atoms with Crippen LogP contribution in [0, 0.1) is 5.92 Å². The summed E-state index contributed by atoms with van der Waals surface area (Å²) in [5.74, 6) is 0.894. The van der Waals surface area contributed by atoms with Crippen LogP contribution in [-0.4, -0.2) is 24.7 Å². The molecule has 0 aromatic heterocycles. The quantitative estimate of drug-likeness (QED) is 0.772. The van der Waals surface area contributed by atoms with Crippen LogP contribution in [0.3, 0.4) is 0 Å². The SMILES string of the molecule is CC1CCN(COCc2ccccc2)CC1. The summed E-state index contributed by atoms with van der Waals surface area (Å²) in [6.45, 7) is 6.22. The minimum atomic E-state index is 0.729. The van der Waals surface area contributed by atoms with E-state index in [0.717, 1.165) is 19.3 Å². The number of likely N-dealkylation sites (tertiary alicyclic amines) is 1. The maximum absolute atomic E-state index is 5.72. The Balaban J connectivity index is 1.65. The highest BCUT2D eigenvalue weighted by molar-refractivity contribution is 5.13. The molecule has 0 atom stereocenters. The minimum absolute atomic E-state index is 0.729. The second-order valence-electron chi connectivity index (χ2n) is 4.76. The third-order valence-electron chi connectivity index (χ3n) is 3.26. The Morgan fingerprint density at radius 2 is 1.88 bits per heavy atom. The average Bonchev–Trinajstić information content (AvgIpc) is 2.33. The molecule has 1 fully saturated rings. The van der Waals surface area contributed by atoms with Crippen LogP contribution >= 0.6 is 0 Å². The highest BCUT2D eigenvalue weighted by atomic mass is 16.5. The molecule has 0 saturated carbocycles. The molecule has 1 aliphatic heterocycles. The van der Waals surface area contributed by atoms with E-state index in [1.165, 1.54) is 31.5 Å². The van der Waals surface area contributed by atoms with Gasteiger partial charge in [0.2, 0.25) is 0 Å². The van der Waals surface area contributed by atoms with Gasteiger partial charge in [-0.05, 0) is 24.3 Å². The van der Waals surface area contributed by atoms with E-state index in [2.05, 4.69) is 36.1 Å². The molecule has 0 N–H and O–H groups in total. The average molecular weight is 219 g/mol. The van der Waals surface area contributed by atoms with E-state index in [9.17, 15) is 0 Å². The van der Waals surface area contributed by atoms with Crippen molar-refractivity contribution in [3.63, 3.8) is 0 Å². The van der Waals surface area contributed by atoms with Gasteiger partial charge < -0.3 is 4.74 Å². The van der Waals surface area contributed by atoms with Crippen molar-refractivity contribution in [1.29, 1.82) is 0 Å². The van der Waals surface area contributed by atoms with Gasteiger partial charge in [-0.25, -0.2) is 0 Å². The summed E-state index contributed by atoms with van der Waals surface area (Å²) in [7, 11) is 0. The van der Waals surface area contributed by atoms with E-state index in [1.54, 1.807) is 0 Å². The topological polar surface area (TPSA) is 12.5 Å². The summed E-state index contributed by atoms with van der Waals surface area (Å²) in [6.07, 6.45) is 2.63. The molecule has 1 heterocycles. The fourth-order valence-corrected chi connectivity index (χ4v) is 2.06. The van der Waals surface area contributed by atoms with E-state index >= 15 is 0 Å². The number of hydrogen-bond donors (Lipinski definition) is 0. The first-order valence-electron chi connectivity index (χ1n) is 6.18. The van der Waals surface area contributed by atoms with Gasteiger partial charge in [0.05, 0.1) is 13.3 Å². The molecular formula is C14H21NO. The maximum atomic E-state index is 5.72. The molecule has 0 amide bonds. The van der Waals surface area contributed by atoms with Gasteiger partial charge in [0.25, 0.3) is 0 Å². The van der Waals surface area contributed by atoms with Crippen molar-refractivity contribution in [1.82, 2.24) is 4.90 Å². The molecule has 0 radical (unpaired) electrons. The predicted octanol–water partition coefficient (Wildman–Crippen LogP) is 2.89. The largest absolute Gasteiger partial charge is 0.361 e. The summed E-state index contributed by atoms with van der Waals surface area (Å²) in [5.41, 5.74) is 1.26. The van der Waals surface area contributed by atoms with Gasteiger partial charge in [-0.15, -0.1) is 0 Å². The van der Waals surface area contributed by atoms with Gasteiger partial charge in [-0.2, -0.15) is 0 Å². The lowest BCUT2D eigenvalue weighted by Crippen LogP contribution is -2.34. The Morgan fingerprint density at radius 1 is 1.19 bits per heavy atom. The highest BCUT2D eigenvalue weighted by Gasteiger charge is 2.14. The summed E-state index contributed by atoms with van der Waals surface area (Å²) in [4.78, 5) is 2.41. The second-order valence-corrected chi connectivity index (χ2v) is 4.76. The van der Waals surface area contributed by atoms with Gasteiger partial charge >= 0.3 is 0 Å². The van der Waals surface area contributed by atoms with Crippen LogP contribution < -0.4 is 0 Å². The van der Waals surface area contributed by atoms with Crippen LogP contribution in [0.5, 0.6) is 0 Å². The lowest BCUT2D eigenvalue weighted by molar-refractivity contribution is 0.00346. The Morgan fingerprint density at radius 3 is 2.56 bits per heavy atom. The number of benzene rings is 1. The van der Waals surface area contributed by atoms with E-state index in [-0.39, 0.29) is 0 Å². The first kappa shape index (κ1) is 11.6. The number of nitrogens with zero attached hydrogens (tertiary/aromatic N) is 1. The van der Waals surface area contributed by atoms with Crippen LogP contribution in [0.2, 0.25) is 0 Å². The zero-order valence-corrected chi connectivity index (χ0v) is 10.1. The zero-order valence-electron chi connectivity index (χ0n) is 10.1. The van der Waals surface area contributed by atoms with Crippen LogP contribution in [0.25, 0.3) is 0 Å². The molecule has 0 aliphatic carbocycles. The minimum Gasteiger partial charge on any atom is -0.361 e. The van der Waals surface area contributed by atoms with Crippen LogP contribution in [0.15, 0.2) is 30.3 Å². The van der Waals surface area contributed by atoms with Crippen LogP contribution in [0.4, 0.5) is 0 Å². The van der Waals surface area contributed by atoms with Crippen molar-refractivity contribution < 1.29 is 4.74 Å². The molecule has 2 heteroatoms. The summed E-state index contributed by atoms with van der Waals surface area (Å²) in [5, 5.41) is 0. The molecule has 2 nitrogen and oxygen atoms in total. The Kier molecular flexibility index (Phi) is 4.37. The molecule has 0 unspecified atom stereocenters. The smallest absolute Gasteiger partial charge is 0.0994 e. The molecular weight excluding hydrogens is 198 g/mol. The first-order chi connectivity index (χ1) is 7.84. The highest BCUT2D eigenvalue weighted by Crippen LogP contribution is 2.15. The molecule has 1 aliphatic rings. The fourth-order valence-electron chi connectivity index (χ4n) is 2.06. The summed E-state index contributed by atoms with van der Waals surface area (Å²) >= 11 is 0. The van der Waals surface area contributed by atoms with Gasteiger partial charge in [0, 0.05) is 13.1 Å². The van der Waals surface area contributed by atoms with Gasteiger partial charge in [-0.1, -0.05) is 37.3 Å². The normalized spacial score (nSPS) is 18.8.